The van der Waals surface area contributed by atoms with E-state index in [4.69, 9.17) is 4.98 Å². The van der Waals surface area contributed by atoms with Gasteiger partial charge in [0, 0.05) is 48.1 Å². The number of pyridine rings is 1. The predicted molar refractivity (Wildman–Crippen MR) is 120 cm³/mol. The number of rotatable bonds is 6. The van der Waals surface area contributed by atoms with E-state index in [0.717, 1.165) is 58.0 Å². The Hall–Kier alpha value is -3.28. The van der Waals surface area contributed by atoms with Crippen LogP contribution in [0.25, 0.3) is 22.4 Å². The van der Waals surface area contributed by atoms with E-state index in [1.54, 1.807) is 0 Å². The number of nitrogens with one attached hydrogen (secondary N) is 1. The molecule has 0 spiro atoms. The summed E-state index contributed by atoms with van der Waals surface area (Å²) in [5.74, 6) is 0.868. The van der Waals surface area contributed by atoms with E-state index in [2.05, 4.69) is 70.9 Å². The van der Waals surface area contributed by atoms with Crippen molar-refractivity contribution in [2.75, 3.05) is 5.32 Å². The largest absolute Gasteiger partial charge is 0.367 e. The van der Waals surface area contributed by atoms with Crippen molar-refractivity contribution in [3.8, 4) is 22.4 Å². The fourth-order valence-electron chi connectivity index (χ4n) is 3.33. The standard InChI is InChI=1S/C23H26N6/c1-5-15(2)25-23-20(22-11-16(3)27-28-22)9-10-21(26-23)18-8-6-7-17(12-18)19-13-24-29(4)14-19/h6-10,12-15H,5,11H2,1-4H3,(H,25,26). The first-order valence-corrected chi connectivity index (χ1v) is 10.0. The summed E-state index contributed by atoms with van der Waals surface area (Å²) >= 11 is 0. The SMILES string of the molecule is CCC(C)Nc1nc(-c2cccc(-c3cnn(C)c3)c2)ccc1C1=NN=C(C)C1. The van der Waals surface area contributed by atoms with E-state index in [-0.39, 0.29) is 0 Å². The Bertz CT molecular complexity index is 1090. The summed E-state index contributed by atoms with van der Waals surface area (Å²) in [6.45, 7) is 6.34. The molecule has 0 amide bonds. The molecule has 1 atom stereocenters. The van der Waals surface area contributed by atoms with Crippen LogP contribution in [0.3, 0.4) is 0 Å². The maximum absolute atomic E-state index is 4.98. The van der Waals surface area contributed by atoms with Crippen LogP contribution in [0.15, 0.2) is 59.0 Å². The molecule has 0 saturated heterocycles. The Morgan fingerprint density at radius 2 is 1.93 bits per heavy atom. The third kappa shape index (κ3) is 4.11. The van der Waals surface area contributed by atoms with Crippen LogP contribution in [0.5, 0.6) is 0 Å². The normalized spacial score (nSPS) is 14.5. The van der Waals surface area contributed by atoms with Crippen molar-refractivity contribution in [2.45, 2.75) is 39.7 Å². The van der Waals surface area contributed by atoms with E-state index < -0.39 is 0 Å². The monoisotopic (exact) mass is 386 g/mol. The van der Waals surface area contributed by atoms with Crippen molar-refractivity contribution in [3.05, 3.63) is 54.4 Å². The van der Waals surface area contributed by atoms with E-state index in [1.807, 2.05) is 31.0 Å². The number of hydrogen-bond acceptors (Lipinski definition) is 5. The Morgan fingerprint density at radius 1 is 1.10 bits per heavy atom. The molecule has 4 rings (SSSR count). The van der Waals surface area contributed by atoms with Crippen LogP contribution in [-0.2, 0) is 7.05 Å². The Labute approximate surface area is 171 Å². The van der Waals surface area contributed by atoms with Gasteiger partial charge in [-0.3, -0.25) is 4.68 Å². The molecule has 1 aliphatic rings. The number of hydrogen-bond donors (Lipinski definition) is 1. The lowest BCUT2D eigenvalue weighted by Gasteiger charge is -2.17. The van der Waals surface area contributed by atoms with Crippen molar-refractivity contribution in [3.63, 3.8) is 0 Å². The molecule has 0 saturated carbocycles. The van der Waals surface area contributed by atoms with Crippen molar-refractivity contribution >= 4 is 17.2 Å². The van der Waals surface area contributed by atoms with Crippen molar-refractivity contribution < 1.29 is 0 Å². The molecule has 2 aromatic heterocycles. The minimum absolute atomic E-state index is 0.322. The molecule has 1 aliphatic heterocycles. The van der Waals surface area contributed by atoms with Gasteiger partial charge in [-0.15, -0.1) is 0 Å². The molecule has 148 valence electrons. The molecule has 1 aromatic carbocycles. The molecule has 0 fully saturated rings. The van der Waals surface area contributed by atoms with Gasteiger partial charge in [-0.25, -0.2) is 4.98 Å². The second kappa shape index (κ2) is 7.99. The summed E-state index contributed by atoms with van der Waals surface area (Å²) in [4.78, 5) is 4.98. The molecule has 1 N–H and O–H groups in total. The van der Waals surface area contributed by atoms with Gasteiger partial charge in [0.25, 0.3) is 0 Å². The van der Waals surface area contributed by atoms with Gasteiger partial charge in [0.2, 0.25) is 0 Å². The number of aromatic nitrogens is 3. The average molecular weight is 387 g/mol. The van der Waals surface area contributed by atoms with Crippen molar-refractivity contribution in [2.24, 2.45) is 17.3 Å². The van der Waals surface area contributed by atoms with Gasteiger partial charge >= 0.3 is 0 Å². The van der Waals surface area contributed by atoms with E-state index >= 15 is 0 Å². The van der Waals surface area contributed by atoms with Crippen molar-refractivity contribution in [1.82, 2.24) is 14.8 Å². The lowest BCUT2D eigenvalue weighted by Crippen LogP contribution is -2.18. The Balaban J connectivity index is 1.72. The zero-order chi connectivity index (χ0) is 20.4. The summed E-state index contributed by atoms with van der Waals surface area (Å²) in [5.41, 5.74) is 7.25. The zero-order valence-corrected chi connectivity index (χ0v) is 17.3. The molecular weight excluding hydrogens is 360 g/mol. The van der Waals surface area contributed by atoms with Gasteiger partial charge in [0.05, 0.1) is 17.6 Å². The molecule has 0 aliphatic carbocycles. The molecule has 6 nitrogen and oxygen atoms in total. The molecule has 6 heteroatoms. The number of nitrogens with zero attached hydrogens (tertiary/aromatic N) is 5. The number of anilines is 1. The average Bonchev–Trinajstić information content (AvgIpc) is 3.36. The second-order valence-corrected chi connectivity index (χ2v) is 7.59. The first-order chi connectivity index (χ1) is 14.0. The smallest absolute Gasteiger partial charge is 0.136 e. The molecule has 1 unspecified atom stereocenters. The second-order valence-electron chi connectivity index (χ2n) is 7.59. The highest BCUT2D eigenvalue weighted by Crippen LogP contribution is 2.28. The first-order valence-electron chi connectivity index (χ1n) is 10.0. The lowest BCUT2D eigenvalue weighted by molar-refractivity contribution is 0.759. The summed E-state index contributed by atoms with van der Waals surface area (Å²) in [6.07, 6.45) is 5.69. The van der Waals surface area contributed by atoms with Crippen LogP contribution in [0.1, 0.15) is 39.2 Å². The van der Waals surface area contributed by atoms with E-state index in [1.165, 1.54) is 0 Å². The number of benzene rings is 1. The van der Waals surface area contributed by atoms with Crippen LogP contribution >= 0.6 is 0 Å². The molecule has 0 radical (unpaired) electrons. The lowest BCUT2D eigenvalue weighted by atomic mass is 10.0. The topological polar surface area (TPSA) is 67.5 Å². The van der Waals surface area contributed by atoms with Gasteiger partial charge in [0.15, 0.2) is 0 Å². The van der Waals surface area contributed by atoms with E-state index in [9.17, 15) is 0 Å². The highest BCUT2D eigenvalue weighted by molar-refractivity contribution is 6.16. The molecule has 3 aromatic rings. The number of aryl methyl sites for hydroxylation is 1. The van der Waals surface area contributed by atoms with E-state index in [0.29, 0.717) is 6.04 Å². The fourth-order valence-corrected chi connectivity index (χ4v) is 3.33. The predicted octanol–water partition coefficient (Wildman–Crippen LogP) is 4.93. The minimum atomic E-state index is 0.322. The van der Waals surface area contributed by atoms with Crippen LogP contribution in [0.2, 0.25) is 0 Å². The summed E-state index contributed by atoms with van der Waals surface area (Å²) in [5, 5.41) is 16.4. The molecule has 0 bridgehead atoms. The maximum atomic E-state index is 4.98. The third-order valence-corrected chi connectivity index (χ3v) is 5.16. The zero-order valence-electron chi connectivity index (χ0n) is 17.3. The van der Waals surface area contributed by atoms with Gasteiger partial charge in [-0.1, -0.05) is 25.1 Å². The van der Waals surface area contributed by atoms with Crippen molar-refractivity contribution in [1.29, 1.82) is 0 Å². The third-order valence-electron chi connectivity index (χ3n) is 5.16. The molecule has 3 heterocycles. The van der Waals surface area contributed by atoms with Crippen LogP contribution in [-0.4, -0.2) is 32.2 Å². The first kappa shape index (κ1) is 19.1. The van der Waals surface area contributed by atoms with Gasteiger partial charge < -0.3 is 5.32 Å². The molecule has 29 heavy (non-hydrogen) atoms. The van der Waals surface area contributed by atoms with Crippen LogP contribution in [0.4, 0.5) is 5.82 Å². The molecular formula is C23H26N6. The minimum Gasteiger partial charge on any atom is -0.367 e. The van der Waals surface area contributed by atoms with Gasteiger partial charge in [-0.2, -0.15) is 15.3 Å². The fraction of sp³-hybridized carbons (Fsp3) is 0.304. The Kier molecular flexibility index (Phi) is 5.25. The summed E-state index contributed by atoms with van der Waals surface area (Å²) in [7, 11) is 1.93. The highest BCUT2D eigenvalue weighted by atomic mass is 15.2. The van der Waals surface area contributed by atoms with Gasteiger partial charge in [0.1, 0.15) is 5.82 Å². The van der Waals surface area contributed by atoms with Gasteiger partial charge in [-0.05, 0) is 44.0 Å². The summed E-state index contributed by atoms with van der Waals surface area (Å²) in [6, 6.07) is 12.9. The highest BCUT2D eigenvalue weighted by Gasteiger charge is 2.18. The quantitative estimate of drug-likeness (QED) is 0.653. The maximum Gasteiger partial charge on any atom is 0.136 e. The summed E-state index contributed by atoms with van der Waals surface area (Å²) < 4.78 is 1.82. The van der Waals surface area contributed by atoms with Crippen LogP contribution < -0.4 is 5.32 Å². The Morgan fingerprint density at radius 3 is 2.62 bits per heavy atom. The van der Waals surface area contributed by atoms with Crippen LogP contribution in [0, 0.1) is 0 Å².